The first-order valence-electron chi connectivity index (χ1n) is 7.87. The summed E-state index contributed by atoms with van der Waals surface area (Å²) in [6.07, 6.45) is -0.776. The third-order valence-corrected chi connectivity index (χ3v) is 5.62. The van der Waals surface area contributed by atoms with E-state index in [1.54, 1.807) is 11.5 Å². The summed E-state index contributed by atoms with van der Waals surface area (Å²) in [5.41, 5.74) is 0.846. The molecule has 0 aromatic carbocycles. The monoisotopic (exact) mass is 383 g/mol. The van der Waals surface area contributed by atoms with Crippen molar-refractivity contribution in [2.45, 2.75) is 45.8 Å². The van der Waals surface area contributed by atoms with Crippen LogP contribution in [0.2, 0.25) is 0 Å². The molecule has 25 heavy (non-hydrogen) atoms. The Morgan fingerprint density at radius 2 is 2.04 bits per heavy atom. The second-order valence-electron chi connectivity index (χ2n) is 5.68. The van der Waals surface area contributed by atoms with E-state index in [9.17, 15) is 14.4 Å². The first-order valence-corrected chi connectivity index (χ1v) is 9.68. The third kappa shape index (κ3) is 4.21. The number of aryl methyl sites for hydroxylation is 2. The maximum Gasteiger partial charge on any atom is 0.413 e. The zero-order chi connectivity index (χ0) is 18.7. The molecule has 1 N–H and O–H groups in total. The number of hydrogen-bond donors (Lipinski definition) is 1. The SMILES string of the molecule is CCOC(=O)NC(=O)CSc1nc2sc(C)c(C)c2c(=O)n1C(C)C. The van der Waals surface area contributed by atoms with E-state index in [0.29, 0.717) is 15.4 Å². The summed E-state index contributed by atoms with van der Waals surface area (Å²) < 4.78 is 6.26. The topological polar surface area (TPSA) is 90.3 Å². The number of rotatable bonds is 5. The van der Waals surface area contributed by atoms with Gasteiger partial charge in [0.05, 0.1) is 17.7 Å². The normalized spacial score (nSPS) is 11.1. The number of amides is 2. The van der Waals surface area contributed by atoms with Crippen LogP contribution in [0.1, 0.15) is 37.3 Å². The molecule has 2 amide bonds. The van der Waals surface area contributed by atoms with Gasteiger partial charge < -0.3 is 4.74 Å². The van der Waals surface area contributed by atoms with Crippen molar-refractivity contribution in [1.82, 2.24) is 14.9 Å². The van der Waals surface area contributed by atoms with E-state index < -0.39 is 12.0 Å². The Kier molecular flexibility index (Phi) is 6.23. The van der Waals surface area contributed by atoms with Gasteiger partial charge >= 0.3 is 6.09 Å². The number of hydrogen-bond acceptors (Lipinski definition) is 7. The highest BCUT2D eigenvalue weighted by Gasteiger charge is 2.19. The standard InChI is InChI=1S/C16H21N3O4S2/c1-6-23-16(22)17-11(20)7-24-15-18-13-12(9(4)10(5)25-13)14(21)19(15)8(2)3/h8H,6-7H2,1-5H3,(H,17,20,22). The zero-order valence-electron chi connectivity index (χ0n) is 14.8. The van der Waals surface area contributed by atoms with Crippen molar-refractivity contribution in [1.29, 1.82) is 0 Å². The number of imide groups is 1. The van der Waals surface area contributed by atoms with Crippen molar-refractivity contribution in [3.05, 3.63) is 20.8 Å². The lowest BCUT2D eigenvalue weighted by molar-refractivity contribution is -0.117. The van der Waals surface area contributed by atoms with Crippen LogP contribution < -0.4 is 10.9 Å². The van der Waals surface area contributed by atoms with Gasteiger partial charge in [0.15, 0.2) is 5.16 Å². The molecule has 2 aromatic rings. The first-order chi connectivity index (χ1) is 11.8. The molecule has 0 aliphatic heterocycles. The Morgan fingerprint density at radius 3 is 2.64 bits per heavy atom. The molecule has 0 saturated heterocycles. The molecular formula is C16H21N3O4S2. The van der Waals surface area contributed by atoms with Crippen molar-refractivity contribution < 1.29 is 14.3 Å². The minimum atomic E-state index is -0.776. The summed E-state index contributed by atoms with van der Waals surface area (Å²) in [5.74, 6) is -0.529. The minimum absolute atomic E-state index is 0.0349. The summed E-state index contributed by atoms with van der Waals surface area (Å²) in [5, 5.41) is 3.23. The molecule has 0 bridgehead atoms. The Bertz CT molecular complexity index is 870. The molecule has 2 aromatic heterocycles. The molecule has 0 atom stereocenters. The summed E-state index contributed by atoms with van der Waals surface area (Å²) in [4.78, 5) is 42.3. The predicted octanol–water partition coefficient (Wildman–Crippen LogP) is 3.02. The molecule has 0 unspecified atom stereocenters. The fraction of sp³-hybridized carbons (Fsp3) is 0.500. The van der Waals surface area contributed by atoms with E-state index in [4.69, 9.17) is 0 Å². The number of carbonyl (C=O) groups excluding carboxylic acids is 2. The van der Waals surface area contributed by atoms with Crippen molar-refractivity contribution in [3.63, 3.8) is 0 Å². The van der Waals surface area contributed by atoms with E-state index in [1.165, 1.54) is 11.3 Å². The quantitative estimate of drug-likeness (QED) is 0.630. The second-order valence-corrected chi connectivity index (χ2v) is 7.83. The molecule has 0 aliphatic rings. The lowest BCUT2D eigenvalue weighted by Gasteiger charge is -2.15. The molecular weight excluding hydrogens is 362 g/mol. The number of nitrogens with one attached hydrogen (secondary N) is 1. The van der Waals surface area contributed by atoms with Gasteiger partial charge in [-0.3, -0.25) is 19.5 Å². The molecule has 0 saturated carbocycles. The van der Waals surface area contributed by atoms with E-state index >= 15 is 0 Å². The number of fused-ring (bicyclic) bond motifs is 1. The van der Waals surface area contributed by atoms with Crippen molar-refractivity contribution in [2.24, 2.45) is 0 Å². The van der Waals surface area contributed by atoms with Gasteiger partial charge in [-0.05, 0) is 40.2 Å². The van der Waals surface area contributed by atoms with Gasteiger partial charge in [-0.15, -0.1) is 11.3 Å². The smallest absolute Gasteiger partial charge is 0.413 e. The number of nitrogens with zero attached hydrogens (tertiary/aromatic N) is 2. The number of carbonyl (C=O) groups is 2. The van der Waals surface area contributed by atoms with Crippen LogP contribution in [0.5, 0.6) is 0 Å². The molecule has 0 aliphatic carbocycles. The second kappa shape index (κ2) is 8.01. The number of thioether (sulfide) groups is 1. The van der Waals surface area contributed by atoms with Gasteiger partial charge in [0, 0.05) is 10.9 Å². The highest BCUT2D eigenvalue weighted by atomic mass is 32.2. The van der Waals surface area contributed by atoms with Gasteiger partial charge in [-0.25, -0.2) is 9.78 Å². The van der Waals surface area contributed by atoms with Crippen LogP contribution in [-0.2, 0) is 9.53 Å². The summed E-state index contributed by atoms with van der Waals surface area (Å²) in [7, 11) is 0. The van der Waals surface area contributed by atoms with E-state index in [1.807, 2.05) is 27.7 Å². The van der Waals surface area contributed by atoms with Crippen LogP contribution in [0.15, 0.2) is 9.95 Å². The first kappa shape index (κ1) is 19.5. The zero-order valence-corrected chi connectivity index (χ0v) is 16.5. The third-order valence-electron chi connectivity index (χ3n) is 3.57. The molecule has 0 fully saturated rings. The molecule has 9 heteroatoms. The van der Waals surface area contributed by atoms with E-state index in [0.717, 1.165) is 22.2 Å². The van der Waals surface area contributed by atoms with Crippen molar-refractivity contribution in [2.75, 3.05) is 12.4 Å². The largest absolute Gasteiger partial charge is 0.450 e. The lowest BCUT2D eigenvalue weighted by Crippen LogP contribution is -2.32. The molecule has 2 rings (SSSR count). The Balaban J connectivity index is 2.31. The predicted molar refractivity (Wildman–Crippen MR) is 99.6 cm³/mol. The van der Waals surface area contributed by atoms with Gasteiger partial charge in [0.1, 0.15) is 4.83 Å². The molecule has 136 valence electrons. The Morgan fingerprint density at radius 1 is 1.36 bits per heavy atom. The maximum absolute atomic E-state index is 12.9. The van der Waals surface area contributed by atoms with Gasteiger partial charge in [0.25, 0.3) is 5.56 Å². The summed E-state index contributed by atoms with van der Waals surface area (Å²) in [6.45, 7) is 9.51. The van der Waals surface area contributed by atoms with Gasteiger partial charge in [-0.2, -0.15) is 0 Å². The maximum atomic E-state index is 12.9. The lowest BCUT2D eigenvalue weighted by atomic mass is 10.2. The number of alkyl carbamates (subject to hydrolysis) is 1. The molecule has 0 radical (unpaired) electrons. The molecule has 0 spiro atoms. The van der Waals surface area contributed by atoms with Crippen LogP contribution in [-0.4, -0.2) is 33.9 Å². The number of aromatic nitrogens is 2. The van der Waals surface area contributed by atoms with Crippen LogP contribution >= 0.6 is 23.1 Å². The number of ether oxygens (including phenoxy) is 1. The highest BCUT2D eigenvalue weighted by Crippen LogP contribution is 2.29. The van der Waals surface area contributed by atoms with E-state index in [2.05, 4.69) is 15.0 Å². The fourth-order valence-electron chi connectivity index (χ4n) is 2.29. The summed E-state index contributed by atoms with van der Waals surface area (Å²) >= 11 is 2.59. The van der Waals surface area contributed by atoms with Crippen LogP contribution in [0.3, 0.4) is 0 Å². The van der Waals surface area contributed by atoms with Gasteiger partial charge in [0.2, 0.25) is 5.91 Å². The average molecular weight is 383 g/mol. The average Bonchev–Trinajstić information content (AvgIpc) is 2.79. The fourth-order valence-corrected chi connectivity index (χ4v) is 4.29. The summed E-state index contributed by atoms with van der Waals surface area (Å²) in [6, 6.07) is -0.0976. The molecule has 7 nitrogen and oxygen atoms in total. The van der Waals surface area contributed by atoms with Crippen LogP contribution in [0.25, 0.3) is 10.2 Å². The Labute approximate surface area is 153 Å². The van der Waals surface area contributed by atoms with E-state index in [-0.39, 0.29) is 24.0 Å². The van der Waals surface area contributed by atoms with Crippen molar-refractivity contribution in [3.8, 4) is 0 Å². The van der Waals surface area contributed by atoms with Crippen molar-refractivity contribution >= 4 is 45.3 Å². The molecule has 2 heterocycles. The van der Waals surface area contributed by atoms with Crippen LogP contribution in [0.4, 0.5) is 4.79 Å². The number of thiophene rings is 1. The van der Waals surface area contributed by atoms with Gasteiger partial charge in [-0.1, -0.05) is 11.8 Å². The minimum Gasteiger partial charge on any atom is -0.450 e. The Hall–Kier alpha value is -1.87. The van der Waals surface area contributed by atoms with Crippen LogP contribution in [0, 0.1) is 13.8 Å². The highest BCUT2D eigenvalue weighted by molar-refractivity contribution is 7.99.